The van der Waals surface area contributed by atoms with Crippen molar-refractivity contribution in [2.45, 2.75) is 6.92 Å². The second kappa shape index (κ2) is 6.43. The molecule has 120 valence electrons. The van der Waals surface area contributed by atoms with E-state index < -0.39 is 15.9 Å². The normalized spacial score (nSPS) is 11.0. The molecule has 1 aromatic heterocycles. The van der Waals surface area contributed by atoms with Gasteiger partial charge in [0.25, 0.3) is 5.91 Å². The average Bonchev–Trinajstić information content (AvgIpc) is 2.46. The minimum absolute atomic E-state index is 0.0398. The second-order valence-electron chi connectivity index (χ2n) is 4.91. The zero-order valence-corrected chi connectivity index (χ0v) is 14.2. The molecule has 1 amide bonds. The van der Waals surface area contributed by atoms with Gasteiger partial charge in [0.2, 0.25) is 10.0 Å². The summed E-state index contributed by atoms with van der Waals surface area (Å²) in [7, 11) is -3.90. The van der Waals surface area contributed by atoms with Crippen LogP contribution < -0.4 is 10.0 Å². The maximum Gasteiger partial charge on any atom is 0.272 e. The Labute approximate surface area is 140 Å². The molecule has 23 heavy (non-hydrogen) atoms. The minimum Gasteiger partial charge on any atom is -0.389 e. The molecule has 0 aliphatic heterocycles. The number of carbonyl (C=O) groups excluding carboxylic acids is 1. The van der Waals surface area contributed by atoms with Gasteiger partial charge in [0.15, 0.2) is 0 Å². The van der Waals surface area contributed by atoms with E-state index in [4.69, 9.17) is 18.0 Å². The van der Waals surface area contributed by atoms with Crippen molar-refractivity contribution in [2.24, 2.45) is 5.73 Å². The van der Waals surface area contributed by atoms with Crippen molar-refractivity contribution in [3.8, 4) is 0 Å². The topological polar surface area (TPSA) is 93.4 Å². The van der Waals surface area contributed by atoms with Gasteiger partial charge in [0, 0.05) is 17.5 Å². The van der Waals surface area contributed by atoms with Gasteiger partial charge >= 0.3 is 0 Å². The van der Waals surface area contributed by atoms with Gasteiger partial charge in [-0.2, -0.15) is 0 Å². The lowest BCUT2D eigenvalue weighted by atomic mass is 10.1. The summed E-state index contributed by atoms with van der Waals surface area (Å²) < 4.78 is 25.2. The summed E-state index contributed by atoms with van der Waals surface area (Å²) in [6, 6.07) is 9.58. The summed E-state index contributed by atoms with van der Waals surface area (Å²) in [5.41, 5.74) is 6.74. The van der Waals surface area contributed by atoms with Crippen LogP contribution >= 0.6 is 12.2 Å². The first-order valence-corrected chi connectivity index (χ1v) is 8.83. The maximum absolute atomic E-state index is 12.7. The van der Waals surface area contributed by atoms with Crippen molar-refractivity contribution >= 4 is 38.8 Å². The molecule has 2 rings (SSSR count). The fraction of sp³-hybridized carbons (Fsp3) is 0.133. The van der Waals surface area contributed by atoms with Crippen LogP contribution in [0, 0.1) is 6.92 Å². The molecule has 8 heteroatoms. The Morgan fingerprint density at radius 1 is 1.26 bits per heavy atom. The van der Waals surface area contributed by atoms with E-state index in [1.807, 2.05) is 0 Å². The number of aromatic nitrogens is 1. The molecule has 2 aromatic rings. The van der Waals surface area contributed by atoms with Gasteiger partial charge in [-0.25, -0.2) is 12.7 Å². The fourth-order valence-electron chi connectivity index (χ4n) is 2.04. The quantitative estimate of drug-likeness (QED) is 0.843. The molecule has 1 aromatic carbocycles. The number of benzene rings is 1. The summed E-state index contributed by atoms with van der Waals surface area (Å²) in [5.74, 6) is -0.684. The number of aryl methyl sites for hydroxylation is 1. The molecule has 0 aliphatic carbocycles. The van der Waals surface area contributed by atoms with Crippen LogP contribution in [0.25, 0.3) is 0 Å². The summed E-state index contributed by atoms with van der Waals surface area (Å²) in [6.45, 7) is 1.68. The maximum atomic E-state index is 12.7. The van der Waals surface area contributed by atoms with Crippen molar-refractivity contribution in [1.29, 1.82) is 0 Å². The number of hydrogen-bond donors (Lipinski definition) is 1. The Morgan fingerprint density at radius 2 is 1.87 bits per heavy atom. The van der Waals surface area contributed by atoms with E-state index in [0.717, 1.165) is 6.26 Å². The highest BCUT2D eigenvalue weighted by molar-refractivity contribution is 7.92. The van der Waals surface area contributed by atoms with Crippen LogP contribution in [-0.4, -0.2) is 30.6 Å². The van der Waals surface area contributed by atoms with E-state index >= 15 is 0 Å². The van der Waals surface area contributed by atoms with Gasteiger partial charge in [0.05, 0.1) is 17.5 Å². The molecule has 0 fully saturated rings. The van der Waals surface area contributed by atoms with Crippen LogP contribution in [0.15, 0.2) is 42.6 Å². The third-order valence-electron chi connectivity index (χ3n) is 3.04. The number of rotatable bonds is 4. The molecule has 2 N–H and O–H groups in total. The number of amides is 1. The Bertz CT molecular complexity index is 865. The monoisotopic (exact) mass is 349 g/mol. The van der Waals surface area contributed by atoms with Crippen molar-refractivity contribution < 1.29 is 13.2 Å². The molecule has 1 heterocycles. The number of carbonyl (C=O) groups is 1. The highest BCUT2D eigenvalue weighted by atomic mass is 32.2. The van der Waals surface area contributed by atoms with Gasteiger partial charge in [-0.15, -0.1) is 0 Å². The van der Waals surface area contributed by atoms with Crippen LogP contribution in [0.2, 0.25) is 0 Å². The standard InChI is InChI=1S/C15H15N3O3S2/c1-10-8-13(12(9-17-10)14(16)22)18(23(2,20)21)15(19)11-6-4-3-5-7-11/h3-9H,1-2H3,(H2,16,22). The Kier molecular flexibility index (Phi) is 4.76. The largest absolute Gasteiger partial charge is 0.389 e. The van der Waals surface area contributed by atoms with Gasteiger partial charge in [0.1, 0.15) is 4.99 Å². The lowest BCUT2D eigenvalue weighted by Gasteiger charge is -2.23. The molecule has 0 bridgehead atoms. The molecule has 0 spiro atoms. The summed E-state index contributed by atoms with van der Waals surface area (Å²) >= 11 is 4.94. The number of nitrogens with two attached hydrogens (primary N) is 1. The van der Waals surface area contributed by atoms with E-state index in [1.165, 1.54) is 24.4 Å². The molecule has 0 unspecified atom stereocenters. The van der Waals surface area contributed by atoms with Crippen molar-refractivity contribution in [3.63, 3.8) is 0 Å². The van der Waals surface area contributed by atoms with Crippen LogP contribution in [0.3, 0.4) is 0 Å². The van der Waals surface area contributed by atoms with Gasteiger partial charge < -0.3 is 5.73 Å². The molecule has 0 atom stereocenters. The van der Waals surface area contributed by atoms with E-state index in [1.54, 1.807) is 25.1 Å². The zero-order chi connectivity index (χ0) is 17.2. The highest BCUT2D eigenvalue weighted by Gasteiger charge is 2.29. The number of hydrogen-bond acceptors (Lipinski definition) is 5. The van der Waals surface area contributed by atoms with E-state index in [2.05, 4.69) is 4.98 Å². The first kappa shape index (κ1) is 17.0. The number of pyridine rings is 1. The van der Waals surface area contributed by atoms with Crippen LogP contribution in [0.5, 0.6) is 0 Å². The smallest absolute Gasteiger partial charge is 0.272 e. The lowest BCUT2D eigenvalue weighted by Crippen LogP contribution is -2.37. The molecular weight excluding hydrogens is 334 g/mol. The van der Waals surface area contributed by atoms with Crippen LogP contribution in [0.4, 0.5) is 5.69 Å². The number of nitrogens with zero attached hydrogens (tertiary/aromatic N) is 2. The average molecular weight is 349 g/mol. The van der Waals surface area contributed by atoms with Crippen molar-refractivity contribution in [1.82, 2.24) is 4.98 Å². The van der Waals surface area contributed by atoms with E-state index in [9.17, 15) is 13.2 Å². The first-order valence-electron chi connectivity index (χ1n) is 6.58. The van der Waals surface area contributed by atoms with Crippen LogP contribution in [0.1, 0.15) is 21.6 Å². The summed E-state index contributed by atoms with van der Waals surface area (Å²) in [4.78, 5) is 16.7. The summed E-state index contributed by atoms with van der Waals surface area (Å²) in [6.07, 6.45) is 2.32. The van der Waals surface area contributed by atoms with E-state index in [0.29, 0.717) is 10.00 Å². The number of thiocarbonyl (C=S) groups is 1. The minimum atomic E-state index is -3.90. The van der Waals surface area contributed by atoms with Crippen molar-refractivity contribution in [2.75, 3.05) is 10.6 Å². The Hall–Kier alpha value is -2.32. The summed E-state index contributed by atoms with van der Waals surface area (Å²) in [5, 5.41) is 0. The highest BCUT2D eigenvalue weighted by Crippen LogP contribution is 2.25. The molecule has 0 saturated heterocycles. The predicted octanol–water partition coefficient (Wildman–Crippen LogP) is 1.63. The van der Waals surface area contributed by atoms with Crippen molar-refractivity contribution in [3.05, 3.63) is 59.4 Å². The molecule has 0 radical (unpaired) electrons. The number of anilines is 1. The number of sulfonamides is 1. The van der Waals surface area contributed by atoms with Gasteiger partial charge in [-0.05, 0) is 25.1 Å². The molecular formula is C15H15N3O3S2. The molecule has 0 aliphatic rings. The van der Waals surface area contributed by atoms with E-state index in [-0.39, 0.29) is 21.8 Å². The predicted molar refractivity (Wildman–Crippen MR) is 93.0 cm³/mol. The van der Waals surface area contributed by atoms with Gasteiger partial charge in [-0.1, -0.05) is 30.4 Å². The SMILES string of the molecule is Cc1cc(N(C(=O)c2ccccc2)S(C)(=O)=O)c(C(N)=S)cn1. The Morgan fingerprint density at radius 3 is 2.39 bits per heavy atom. The molecule has 6 nitrogen and oxygen atoms in total. The lowest BCUT2D eigenvalue weighted by molar-refractivity contribution is 0.101. The second-order valence-corrected chi connectivity index (χ2v) is 7.18. The fourth-order valence-corrected chi connectivity index (χ4v) is 3.11. The third kappa shape index (κ3) is 3.72. The van der Waals surface area contributed by atoms with Gasteiger partial charge in [-0.3, -0.25) is 9.78 Å². The zero-order valence-electron chi connectivity index (χ0n) is 12.6. The molecule has 0 saturated carbocycles. The first-order chi connectivity index (χ1) is 10.7. The third-order valence-corrected chi connectivity index (χ3v) is 4.29. The van der Waals surface area contributed by atoms with Crippen LogP contribution in [-0.2, 0) is 10.0 Å². The Balaban J connectivity index is 2.69.